The number of halogens is 1. The Balaban J connectivity index is 3.27. The van der Waals surface area contributed by atoms with E-state index in [1.807, 2.05) is 0 Å². The molecular weight excluding hydrogens is 230 g/mol. The summed E-state index contributed by atoms with van der Waals surface area (Å²) in [5.41, 5.74) is -1.15. The van der Waals surface area contributed by atoms with Gasteiger partial charge in [-0.3, -0.25) is 4.79 Å². The number of benzene rings is 1. The van der Waals surface area contributed by atoms with E-state index in [0.29, 0.717) is 10.6 Å². The summed E-state index contributed by atoms with van der Waals surface area (Å²) in [5, 5.41) is 11.9. The Morgan fingerprint density at radius 3 is 2.38 bits per heavy atom. The first-order valence-electron chi connectivity index (χ1n) is 4.65. The molecule has 0 bridgehead atoms. The molecule has 16 heavy (non-hydrogen) atoms. The van der Waals surface area contributed by atoms with Gasteiger partial charge in [0.2, 0.25) is 5.91 Å². The van der Waals surface area contributed by atoms with Crippen molar-refractivity contribution in [1.29, 1.82) is 0 Å². The number of aliphatic carboxylic acids is 1. The molecule has 1 rings (SSSR count). The molecule has 5 heteroatoms. The van der Waals surface area contributed by atoms with Crippen LogP contribution in [0, 0.1) is 0 Å². The molecule has 0 spiro atoms. The van der Waals surface area contributed by atoms with Crippen LogP contribution in [0.3, 0.4) is 0 Å². The normalized spacial score (nSPS) is 13.9. The molecule has 2 N–H and O–H groups in total. The van der Waals surface area contributed by atoms with Gasteiger partial charge in [-0.2, -0.15) is 0 Å². The molecule has 1 aromatic rings. The highest BCUT2D eigenvalue weighted by molar-refractivity contribution is 6.31. The number of rotatable bonds is 3. The largest absolute Gasteiger partial charge is 0.479 e. The van der Waals surface area contributed by atoms with Crippen LogP contribution < -0.4 is 5.32 Å². The minimum atomic E-state index is -1.51. The molecule has 0 aliphatic rings. The van der Waals surface area contributed by atoms with Crippen LogP contribution in [0.1, 0.15) is 19.4 Å². The van der Waals surface area contributed by atoms with E-state index < -0.39 is 17.4 Å². The lowest BCUT2D eigenvalue weighted by atomic mass is 9.92. The van der Waals surface area contributed by atoms with Gasteiger partial charge < -0.3 is 10.4 Å². The number of hydrogen-bond acceptors (Lipinski definition) is 2. The molecule has 0 aromatic heterocycles. The lowest BCUT2D eigenvalue weighted by Crippen LogP contribution is -2.48. The minimum absolute atomic E-state index is 0.307. The van der Waals surface area contributed by atoms with E-state index in [-0.39, 0.29) is 0 Å². The van der Waals surface area contributed by atoms with Crippen LogP contribution in [0.5, 0.6) is 0 Å². The summed E-state index contributed by atoms with van der Waals surface area (Å²) in [6.07, 6.45) is 0. The van der Waals surface area contributed by atoms with E-state index in [1.165, 1.54) is 13.8 Å². The first-order valence-corrected chi connectivity index (χ1v) is 5.03. The maximum Gasteiger partial charge on any atom is 0.333 e. The van der Waals surface area contributed by atoms with Crippen molar-refractivity contribution >= 4 is 23.5 Å². The van der Waals surface area contributed by atoms with Gasteiger partial charge in [0.1, 0.15) is 0 Å². The fourth-order valence-electron chi connectivity index (χ4n) is 1.45. The van der Waals surface area contributed by atoms with Gasteiger partial charge >= 0.3 is 5.97 Å². The third-order valence-electron chi connectivity index (χ3n) is 2.27. The molecule has 0 fully saturated rings. The molecule has 0 aliphatic carbocycles. The molecule has 4 nitrogen and oxygen atoms in total. The zero-order chi connectivity index (χ0) is 12.3. The monoisotopic (exact) mass is 241 g/mol. The predicted molar refractivity (Wildman–Crippen MR) is 60.3 cm³/mol. The fourth-order valence-corrected chi connectivity index (χ4v) is 1.78. The number of carboxylic acid groups (broad SMARTS) is 1. The topological polar surface area (TPSA) is 66.4 Å². The molecule has 1 atom stereocenters. The van der Waals surface area contributed by atoms with Gasteiger partial charge in [0.25, 0.3) is 0 Å². The Kier molecular flexibility index (Phi) is 3.55. The fraction of sp³-hybridized carbons (Fsp3) is 0.273. The number of carboxylic acids is 1. The molecule has 0 aliphatic heterocycles. The minimum Gasteiger partial charge on any atom is -0.479 e. The van der Waals surface area contributed by atoms with Gasteiger partial charge in [0.15, 0.2) is 5.54 Å². The van der Waals surface area contributed by atoms with E-state index in [0.717, 1.165) is 0 Å². The number of amides is 1. The van der Waals surface area contributed by atoms with Gasteiger partial charge in [-0.25, -0.2) is 4.79 Å². The van der Waals surface area contributed by atoms with Crippen LogP contribution in [0.25, 0.3) is 0 Å². The third-order valence-corrected chi connectivity index (χ3v) is 2.60. The van der Waals surface area contributed by atoms with Gasteiger partial charge in [-0.05, 0) is 13.0 Å². The van der Waals surface area contributed by atoms with Gasteiger partial charge in [-0.15, -0.1) is 0 Å². The highest BCUT2D eigenvalue weighted by atomic mass is 35.5. The van der Waals surface area contributed by atoms with E-state index in [4.69, 9.17) is 11.6 Å². The highest BCUT2D eigenvalue weighted by Gasteiger charge is 2.37. The predicted octanol–water partition coefficient (Wildman–Crippen LogP) is 1.78. The van der Waals surface area contributed by atoms with Crippen LogP contribution in [-0.4, -0.2) is 17.0 Å². The summed E-state index contributed by atoms with van der Waals surface area (Å²) >= 11 is 5.92. The van der Waals surface area contributed by atoms with E-state index in [2.05, 4.69) is 5.32 Å². The average Bonchev–Trinajstić information content (AvgIpc) is 2.16. The van der Waals surface area contributed by atoms with Crippen molar-refractivity contribution in [1.82, 2.24) is 5.32 Å². The Morgan fingerprint density at radius 1 is 1.38 bits per heavy atom. The molecule has 86 valence electrons. The van der Waals surface area contributed by atoms with Crippen molar-refractivity contribution in [2.24, 2.45) is 0 Å². The van der Waals surface area contributed by atoms with Crippen LogP contribution in [0.2, 0.25) is 5.02 Å². The molecule has 0 radical (unpaired) electrons. The smallest absolute Gasteiger partial charge is 0.333 e. The van der Waals surface area contributed by atoms with Crippen LogP contribution in [0.4, 0.5) is 0 Å². The quantitative estimate of drug-likeness (QED) is 0.848. The third kappa shape index (κ3) is 2.33. The van der Waals surface area contributed by atoms with Crippen molar-refractivity contribution in [2.75, 3.05) is 0 Å². The van der Waals surface area contributed by atoms with Crippen LogP contribution >= 0.6 is 11.6 Å². The zero-order valence-corrected chi connectivity index (χ0v) is 9.71. The maximum atomic E-state index is 11.2. The number of nitrogens with one attached hydrogen (secondary N) is 1. The second-order valence-corrected chi connectivity index (χ2v) is 4.00. The van der Waals surface area contributed by atoms with E-state index in [9.17, 15) is 14.7 Å². The lowest BCUT2D eigenvalue weighted by Gasteiger charge is -2.26. The molecule has 1 aromatic carbocycles. The van der Waals surface area contributed by atoms with Gasteiger partial charge in [0, 0.05) is 17.5 Å². The number of carbonyl (C=O) groups excluding carboxylic acids is 1. The van der Waals surface area contributed by atoms with Gasteiger partial charge in [-0.1, -0.05) is 29.8 Å². The van der Waals surface area contributed by atoms with Crippen molar-refractivity contribution in [3.63, 3.8) is 0 Å². The van der Waals surface area contributed by atoms with Gasteiger partial charge in [0.05, 0.1) is 0 Å². The second kappa shape index (κ2) is 4.53. The Hall–Kier alpha value is -1.55. The van der Waals surface area contributed by atoms with E-state index >= 15 is 0 Å². The zero-order valence-electron chi connectivity index (χ0n) is 8.95. The first kappa shape index (κ1) is 12.5. The van der Waals surface area contributed by atoms with Crippen LogP contribution in [-0.2, 0) is 15.1 Å². The number of hydrogen-bond donors (Lipinski definition) is 2. The SMILES string of the molecule is CC(=O)NC(C)(C(=O)O)c1ccccc1Cl. The van der Waals surface area contributed by atoms with Crippen LogP contribution in [0.15, 0.2) is 24.3 Å². The summed E-state index contributed by atoms with van der Waals surface area (Å²) in [7, 11) is 0. The van der Waals surface area contributed by atoms with E-state index in [1.54, 1.807) is 24.3 Å². The number of carbonyl (C=O) groups is 2. The molecule has 0 heterocycles. The summed E-state index contributed by atoms with van der Waals surface area (Å²) in [4.78, 5) is 22.3. The molecular formula is C11H12ClNO3. The lowest BCUT2D eigenvalue weighted by molar-refractivity contribution is -0.147. The Bertz CT molecular complexity index is 433. The molecule has 1 amide bonds. The highest BCUT2D eigenvalue weighted by Crippen LogP contribution is 2.28. The first-order chi connectivity index (χ1) is 7.38. The second-order valence-electron chi connectivity index (χ2n) is 3.59. The Morgan fingerprint density at radius 2 is 1.94 bits per heavy atom. The summed E-state index contributed by atoms with van der Waals surface area (Å²) in [6.45, 7) is 2.66. The van der Waals surface area contributed by atoms with Crippen molar-refractivity contribution in [3.05, 3.63) is 34.9 Å². The van der Waals surface area contributed by atoms with Crippen molar-refractivity contribution < 1.29 is 14.7 Å². The summed E-state index contributed by atoms with van der Waals surface area (Å²) < 4.78 is 0. The Labute approximate surface area is 98.2 Å². The van der Waals surface area contributed by atoms with Crippen molar-refractivity contribution in [2.45, 2.75) is 19.4 Å². The molecule has 0 saturated carbocycles. The standard InChI is InChI=1S/C11H12ClNO3/c1-7(14)13-11(2,10(15)16)8-5-3-4-6-9(8)12/h3-6H,1-2H3,(H,13,14)(H,15,16). The maximum absolute atomic E-state index is 11.2. The summed E-state index contributed by atoms with van der Waals surface area (Å²) in [5.74, 6) is -1.58. The van der Waals surface area contributed by atoms with Crippen molar-refractivity contribution in [3.8, 4) is 0 Å². The molecule has 0 saturated heterocycles. The summed E-state index contributed by atoms with van der Waals surface area (Å²) in [6, 6.07) is 6.53. The average molecular weight is 242 g/mol. The molecule has 1 unspecified atom stereocenters.